The Balaban J connectivity index is 1.89. The summed E-state index contributed by atoms with van der Waals surface area (Å²) in [4.78, 5) is 43.4. The lowest BCUT2D eigenvalue weighted by molar-refractivity contribution is -0.125. The SMILES string of the molecule is CC(C)(C)OC(=O)N(c1ncnc2[nH]ccc12)C1(C(=O)N(CCCO)c2ccc(Cl)cc2)CCNCC1. The molecule has 11 heteroatoms. The number of hydrogen-bond acceptors (Lipinski definition) is 7. The number of nitrogens with zero attached hydrogens (tertiary/aromatic N) is 4. The number of halogens is 1. The maximum absolute atomic E-state index is 14.7. The minimum atomic E-state index is -1.30. The number of H-pyrrole nitrogens is 1. The quantitative estimate of drug-likeness (QED) is 0.425. The van der Waals surface area contributed by atoms with Gasteiger partial charge in [-0.3, -0.25) is 4.79 Å². The van der Waals surface area contributed by atoms with E-state index in [1.807, 2.05) is 0 Å². The molecule has 4 rings (SSSR count). The van der Waals surface area contributed by atoms with Gasteiger partial charge in [0.2, 0.25) is 0 Å². The van der Waals surface area contributed by atoms with Crippen molar-refractivity contribution in [2.75, 3.05) is 36.0 Å². The van der Waals surface area contributed by atoms with E-state index in [0.717, 1.165) is 0 Å². The summed E-state index contributed by atoms with van der Waals surface area (Å²) in [6.07, 6.45) is 3.46. The molecule has 2 aromatic heterocycles. The van der Waals surface area contributed by atoms with Crippen LogP contribution < -0.4 is 15.1 Å². The highest BCUT2D eigenvalue weighted by Gasteiger charge is 2.52. The van der Waals surface area contributed by atoms with Crippen LogP contribution in [0.2, 0.25) is 5.02 Å². The number of aliphatic hydroxyl groups is 1. The molecule has 2 amide bonds. The Morgan fingerprint density at radius 2 is 1.84 bits per heavy atom. The van der Waals surface area contributed by atoms with Crippen LogP contribution in [0.15, 0.2) is 42.9 Å². The first-order valence-corrected chi connectivity index (χ1v) is 12.7. The lowest BCUT2D eigenvalue weighted by Crippen LogP contribution is -2.66. The monoisotopic (exact) mass is 528 g/mol. The van der Waals surface area contributed by atoms with Gasteiger partial charge >= 0.3 is 6.09 Å². The molecule has 10 nitrogen and oxygen atoms in total. The normalized spacial score (nSPS) is 15.4. The second kappa shape index (κ2) is 11.0. The standard InChI is InChI=1S/C26H33ClN6O4/c1-25(2,3)37-24(36)33(22-20-9-12-29-21(20)30-17-31-22)26(10-13-28-14-11-26)23(35)32(15-4-16-34)19-7-5-18(27)6-8-19/h5-9,12,17,28,34H,4,10-11,13-16H2,1-3H3,(H,29,30,31). The summed E-state index contributed by atoms with van der Waals surface area (Å²) in [5.74, 6) is 0.0203. The summed E-state index contributed by atoms with van der Waals surface area (Å²) in [6, 6.07) is 8.73. The molecule has 0 saturated carbocycles. The number of aliphatic hydroxyl groups excluding tert-OH is 1. The van der Waals surface area contributed by atoms with Crippen molar-refractivity contribution in [1.29, 1.82) is 0 Å². The van der Waals surface area contributed by atoms with E-state index in [1.165, 1.54) is 11.2 Å². The van der Waals surface area contributed by atoms with E-state index in [-0.39, 0.29) is 19.1 Å². The minimum Gasteiger partial charge on any atom is -0.443 e. The van der Waals surface area contributed by atoms with Gasteiger partial charge in [0, 0.05) is 30.1 Å². The van der Waals surface area contributed by atoms with E-state index >= 15 is 0 Å². The molecule has 0 spiro atoms. The van der Waals surface area contributed by atoms with Crippen LogP contribution in [0, 0.1) is 0 Å². The van der Waals surface area contributed by atoms with Gasteiger partial charge in [0.15, 0.2) is 5.82 Å². The first-order chi connectivity index (χ1) is 17.7. The molecule has 3 N–H and O–H groups in total. The molecule has 1 saturated heterocycles. The zero-order chi connectivity index (χ0) is 26.6. The lowest BCUT2D eigenvalue weighted by atomic mass is 9.84. The molecule has 1 aliphatic heterocycles. The molecule has 1 aromatic carbocycles. The second-order valence-corrected chi connectivity index (χ2v) is 10.5. The maximum atomic E-state index is 14.7. The van der Waals surface area contributed by atoms with E-state index in [2.05, 4.69) is 20.3 Å². The molecule has 3 heterocycles. The summed E-state index contributed by atoms with van der Waals surface area (Å²) < 4.78 is 5.86. The molecular formula is C26H33ClN6O4. The van der Waals surface area contributed by atoms with Crippen LogP contribution >= 0.6 is 11.6 Å². The largest absolute Gasteiger partial charge is 0.443 e. The molecule has 37 heavy (non-hydrogen) atoms. The number of piperidine rings is 1. The van der Waals surface area contributed by atoms with Crippen LogP contribution in [-0.2, 0) is 9.53 Å². The van der Waals surface area contributed by atoms with Crippen LogP contribution in [-0.4, -0.2) is 69.4 Å². The van der Waals surface area contributed by atoms with Gasteiger partial charge in [0.1, 0.15) is 23.1 Å². The summed E-state index contributed by atoms with van der Waals surface area (Å²) >= 11 is 6.12. The Hall–Kier alpha value is -3.21. The molecule has 1 aliphatic rings. The van der Waals surface area contributed by atoms with Crippen LogP contribution in [0.5, 0.6) is 0 Å². The zero-order valence-corrected chi connectivity index (χ0v) is 22.1. The highest BCUT2D eigenvalue weighted by molar-refractivity contribution is 6.30. The zero-order valence-electron chi connectivity index (χ0n) is 21.3. The number of anilines is 2. The fourth-order valence-corrected chi connectivity index (χ4v) is 4.76. The van der Waals surface area contributed by atoms with Gasteiger partial charge in [-0.15, -0.1) is 0 Å². The van der Waals surface area contributed by atoms with Crippen LogP contribution in [0.25, 0.3) is 11.0 Å². The van der Waals surface area contributed by atoms with Crippen molar-refractivity contribution >= 4 is 46.1 Å². The number of rotatable bonds is 7. The third kappa shape index (κ3) is 5.71. The van der Waals surface area contributed by atoms with Gasteiger partial charge in [0.05, 0.1) is 5.39 Å². The third-order valence-corrected chi connectivity index (χ3v) is 6.55. The van der Waals surface area contributed by atoms with Crippen molar-refractivity contribution in [3.05, 3.63) is 47.9 Å². The molecule has 0 atom stereocenters. The Morgan fingerprint density at radius 3 is 2.49 bits per heavy atom. The smallest absolute Gasteiger partial charge is 0.417 e. The average Bonchev–Trinajstić information content (AvgIpc) is 3.35. The predicted molar refractivity (Wildman–Crippen MR) is 143 cm³/mol. The van der Waals surface area contributed by atoms with Gasteiger partial charge < -0.3 is 25.0 Å². The highest BCUT2D eigenvalue weighted by atomic mass is 35.5. The summed E-state index contributed by atoms with van der Waals surface area (Å²) in [5, 5.41) is 14.0. The third-order valence-electron chi connectivity index (χ3n) is 6.30. The predicted octanol–water partition coefficient (Wildman–Crippen LogP) is 3.89. The fraction of sp³-hybridized carbons (Fsp3) is 0.462. The number of carbonyl (C=O) groups is 2. The number of nitrogens with one attached hydrogen (secondary N) is 2. The summed E-state index contributed by atoms with van der Waals surface area (Å²) in [7, 11) is 0. The maximum Gasteiger partial charge on any atom is 0.417 e. The van der Waals surface area contributed by atoms with E-state index in [9.17, 15) is 14.7 Å². The average molecular weight is 529 g/mol. The van der Waals surface area contributed by atoms with Crippen LogP contribution in [0.3, 0.4) is 0 Å². The number of benzene rings is 1. The van der Waals surface area contributed by atoms with Crippen LogP contribution in [0.4, 0.5) is 16.3 Å². The highest BCUT2D eigenvalue weighted by Crippen LogP contribution is 2.38. The van der Waals surface area contributed by atoms with Crippen molar-refractivity contribution in [2.45, 2.75) is 51.2 Å². The Labute approximate surface area is 221 Å². The number of aromatic amines is 1. The van der Waals surface area contributed by atoms with E-state index in [1.54, 1.807) is 62.2 Å². The molecule has 3 aromatic rings. The molecule has 198 valence electrons. The number of hydrogen-bond donors (Lipinski definition) is 3. The first kappa shape index (κ1) is 26.8. The Morgan fingerprint density at radius 1 is 1.14 bits per heavy atom. The van der Waals surface area contributed by atoms with Gasteiger partial charge in [0.25, 0.3) is 5.91 Å². The number of ether oxygens (including phenoxy) is 1. The van der Waals surface area contributed by atoms with Gasteiger partial charge in [-0.25, -0.2) is 19.7 Å². The second-order valence-electron chi connectivity index (χ2n) is 10.0. The summed E-state index contributed by atoms with van der Waals surface area (Å²) in [5.41, 5.74) is -0.936. The molecule has 0 aliphatic carbocycles. The van der Waals surface area contributed by atoms with Crippen molar-refractivity contribution in [3.8, 4) is 0 Å². The molecule has 1 fully saturated rings. The fourth-order valence-electron chi connectivity index (χ4n) is 4.63. The van der Waals surface area contributed by atoms with Gasteiger partial charge in [-0.1, -0.05) is 11.6 Å². The number of amides is 2. The minimum absolute atomic E-state index is 0.0857. The molecule has 0 unspecified atom stereocenters. The Kier molecular flexibility index (Phi) is 8.01. The van der Waals surface area contributed by atoms with E-state index in [0.29, 0.717) is 59.9 Å². The van der Waals surface area contributed by atoms with E-state index in [4.69, 9.17) is 16.3 Å². The number of fused-ring (bicyclic) bond motifs is 1. The Bertz CT molecular complexity index is 1230. The van der Waals surface area contributed by atoms with Gasteiger partial charge in [-0.2, -0.15) is 0 Å². The number of aromatic nitrogens is 3. The van der Waals surface area contributed by atoms with E-state index < -0.39 is 17.2 Å². The van der Waals surface area contributed by atoms with Crippen molar-refractivity contribution in [1.82, 2.24) is 20.3 Å². The topological polar surface area (TPSA) is 124 Å². The molecule has 0 bridgehead atoms. The van der Waals surface area contributed by atoms with Crippen LogP contribution in [0.1, 0.15) is 40.0 Å². The van der Waals surface area contributed by atoms with Crippen molar-refractivity contribution in [2.24, 2.45) is 0 Å². The summed E-state index contributed by atoms with van der Waals surface area (Å²) in [6.45, 7) is 6.56. The lowest BCUT2D eigenvalue weighted by Gasteiger charge is -2.46. The van der Waals surface area contributed by atoms with Gasteiger partial charge in [-0.05, 0) is 83.5 Å². The first-order valence-electron chi connectivity index (χ1n) is 12.4. The molecular weight excluding hydrogens is 496 g/mol. The van der Waals surface area contributed by atoms with Crippen molar-refractivity contribution in [3.63, 3.8) is 0 Å². The van der Waals surface area contributed by atoms with Crippen molar-refractivity contribution < 1.29 is 19.4 Å². The number of carbonyl (C=O) groups excluding carboxylic acids is 2. The molecule has 0 radical (unpaired) electrons.